The maximum absolute atomic E-state index is 3.42. The molecule has 0 heteroatoms. The quantitative estimate of drug-likeness (QED) is 0.578. The molecule has 2 aromatic rings. The molecule has 0 heterocycles. The molecule has 2 rings (SSSR count). The molecule has 0 nitrogen and oxygen atoms in total. The zero-order chi connectivity index (χ0) is 13.2. The highest BCUT2D eigenvalue weighted by molar-refractivity contribution is 5.90. The first-order valence-electron chi connectivity index (χ1n) is 6.40. The number of hydrogen-bond donors (Lipinski definition) is 0. The van der Waals surface area contributed by atoms with Crippen molar-refractivity contribution in [3.63, 3.8) is 0 Å². The topological polar surface area (TPSA) is 0 Å². The van der Waals surface area contributed by atoms with Crippen molar-refractivity contribution in [3.05, 3.63) is 59.3 Å². The summed E-state index contributed by atoms with van der Waals surface area (Å²) < 4.78 is 0. The highest BCUT2D eigenvalue weighted by atomic mass is 14.1. The molecular formula is C18H20. The Hall–Kier alpha value is -1.78. The number of benzene rings is 2. The lowest BCUT2D eigenvalue weighted by molar-refractivity contribution is 0.505. The van der Waals surface area contributed by atoms with E-state index >= 15 is 0 Å². The van der Waals surface area contributed by atoms with Gasteiger partial charge in [-0.2, -0.15) is 0 Å². The van der Waals surface area contributed by atoms with Gasteiger partial charge >= 0.3 is 0 Å². The molecule has 0 amide bonds. The summed E-state index contributed by atoms with van der Waals surface area (Å²) in [6.45, 7) is 8.78. The van der Waals surface area contributed by atoms with Gasteiger partial charge in [0.15, 0.2) is 0 Å². The van der Waals surface area contributed by atoms with Crippen LogP contribution in [0.3, 0.4) is 0 Å². The van der Waals surface area contributed by atoms with Crippen LogP contribution in [0.2, 0.25) is 0 Å². The molecular weight excluding hydrogens is 216 g/mol. The summed E-state index contributed by atoms with van der Waals surface area (Å²) in [6, 6.07) is 14.9. The summed E-state index contributed by atoms with van der Waals surface area (Å²) in [5.74, 6) is 0. The third-order valence-corrected chi connectivity index (χ3v) is 3.39. The molecule has 0 atom stereocenters. The Labute approximate surface area is 110 Å². The average Bonchev–Trinajstić information content (AvgIpc) is 2.34. The lowest BCUT2D eigenvalue weighted by Crippen LogP contribution is -2.04. The van der Waals surface area contributed by atoms with Crippen LogP contribution in [-0.4, -0.2) is 0 Å². The van der Waals surface area contributed by atoms with Crippen molar-refractivity contribution in [1.29, 1.82) is 0 Å². The Bertz CT molecular complexity index is 613. The minimum atomic E-state index is 0.182. The molecule has 0 radical (unpaired) electrons. The van der Waals surface area contributed by atoms with E-state index in [0.29, 0.717) is 0 Å². The van der Waals surface area contributed by atoms with E-state index in [1.807, 2.05) is 0 Å². The molecule has 0 aliphatic carbocycles. The summed E-state index contributed by atoms with van der Waals surface area (Å²) in [5, 5.41) is 2.57. The van der Waals surface area contributed by atoms with Crippen LogP contribution in [0.15, 0.2) is 53.8 Å². The summed E-state index contributed by atoms with van der Waals surface area (Å²) in [4.78, 5) is 0. The maximum atomic E-state index is 3.42. The Kier molecular flexibility index (Phi) is 3.41. The Morgan fingerprint density at radius 3 is 2.39 bits per heavy atom. The van der Waals surface area contributed by atoms with Crippen molar-refractivity contribution in [3.8, 4) is 0 Å². The van der Waals surface area contributed by atoms with E-state index in [0.717, 1.165) is 0 Å². The molecule has 0 saturated heterocycles. The van der Waals surface area contributed by atoms with Gasteiger partial charge < -0.3 is 0 Å². The number of rotatable bonds is 1. The fourth-order valence-electron chi connectivity index (χ4n) is 1.78. The monoisotopic (exact) mass is 236 g/mol. The number of hydrogen-bond acceptors (Lipinski definition) is 0. The molecule has 18 heavy (non-hydrogen) atoms. The first-order chi connectivity index (χ1) is 8.48. The molecule has 0 bridgehead atoms. The van der Waals surface area contributed by atoms with E-state index in [2.05, 4.69) is 82.0 Å². The van der Waals surface area contributed by atoms with Crippen molar-refractivity contribution < 1.29 is 0 Å². The molecule has 0 aliphatic heterocycles. The highest BCUT2D eigenvalue weighted by Crippen LogP contribution is 2.24. The van der Waals surface area contributed by atoms with Gasteiger partial charge in [0.05, 0.1) is 0 Å². The van der Waals surface area contributed by atoms with E-state index in [1.54, 1.807) is 0 Å². The lowest BCUT2D eigenvalue weighted by atomic mass is 9.88. The third kappa shape index (κ3) is 2.72. The number of fused-ring (bicyclic) bond motifs is 1. The summed E-state index contributed by atoms with van der Waals surface area (Å²) in [5.41, 5.74) is 6.11. The van der Waals surface area contributed by atoms with Crippen LogP contribution in [0.1, 0.15) is 33.3 Å². The van der Waals surface area contributed by atoms with Crippen LogP contribution in [0, 0.1) is 5.41 Å². The molecule has 0 aromatic heterocycles. The van der Waals surface area contributed by atoms with Gasteiger partial charge in [0.25, 0.3) is 0 Å². The first-order valence-corrected chi connectivity index (χ1v) is 6.40. The predicted octanol–water partition coefficient (Wildman–Crippen LogP) is 5.44. The summed E-state index contributed by atoms with van der Waals surface area (Å²) in [6.07, 6.45) is 2.10. The second-order valence-corrected chi connectivity index (χ2v) is 5.73. The Morgan fingerprint density at radius 1 is 1.00 bits per heavy atom. The van der Waals surface area contributed by atoms with Gasteiger partial charge in [0, 0.05) is 0 Å². The Balaban J connectivity index is 2.54. The first kappa shape index (κ1) is 12.7. The minimum Gasteiger partial charge on any atom is -0.121 e. The zero-order valence-corrected chi connectivity index (χ0v) is 11.6. The molecule has 0 saturated carbocycles. The molecule has 2 aromatic carbocycles. The molecule has 0 aliphatic rings. The third-order valence-electron chi connectivity index (χ3n) is 3.39. The normalized spacial score (nSPS) is 11.1. The van der Waals surface area contributed by atoms with E-state index in [-0.39, 0.29) is 5.41 Å². The van der Waals surface area contributed by atoms with Gasteiger partial charge in [-0.3, -0.25) is 0 Å². The van der Waals surface area contributed by atoms with Crippen LogP contribution in [0.25, 0.3) is 16.8 Å². The van der Waals surface area contributed by atoms with Crippen molar-refractivity contribution in [1.82, 2.24) is 0 Å². The van der Waals surface area contributed by atoms with E-state index < -0.39 is 0 Å². The van der Waals surface area contributed by atoms with Crippen LogP contribution in [0.4, 0.5) is 0 Å². The molecule has 0 unspecified atom stereocenters. The van der Waals surface area contributed by atoms with Gasteiger partial charge in [0.1, 0.15) is 0 Å². The fourth-order valence-corrected chi connectivity index (χ4v) is 1.78. The predicted molar refractivity (Wildman–Crippen MR) is 80.6 cm³/mol. The zero-order valence-electron chi connectivity index (χ0n) is 11.6. The van der Waals surface area contributed by atoms with E-state index in [1.165, 1.54) is 21.9 Å². The standard InChI is InChI=1S/C18H20/c1-14(18(2,3)4)12-13-16-10-7-9-15-8-5-6-11-17(15)16/h5-11,13H,1-4H3. The van der Waals surface area contributed by atoms with Crippen LogP contribution < -0.4 is 0 Å². The van der Waals surface area contributed by atoms with Gasteiger partial charge in [-0.05, 0) is 40.3 Å². The fraction of sp³-hybridized carbons (Fsp3) is 0.278. The largest absolute Gasteiger partial charge is 0.121 e. The maximum Gasteiger partial charge on any atom is -0.00999 e. The summed E-state index contributed by atoms with van der Waals surface area (Å²) in [7, 11) is 0. The van der Waals surface area contributed by atoms with Crippen LogP contribution in [-0.2, 0) is 0 Å². The number of allylic oxidation sites excluding steroid dienone is 1. The lowest BCUT2D eigenvalue weighted by Gasteiger charge is -2.16. The molecule has 0 N–H and O–H groups in total. The highest BCUT2D eigenvalue weighted by Gasteiger charge is 2.11. The SMILES string of the molecule is CC(=C=Cc1cccc2ccccc12)C(C)(C)C. The van der Waals surface area contributed by atoms with Crippen molar-refractivity contribution in [2.45, 2.75) is 27.7 Å². The van der Waals surface area contributed by atoms with Crippen LogP contribution >= 0.6 is 0 Å². The average molecular weight is 236 g/mol. The van der Waals surface area contributed by atoms with Gasteiger partial charge in [-0.1, -0.05) is 63.2 Å². The van der Waals surface area contributed by atoms with E-state index in [4.69, 9.17) is 0 Å². The molecule has 92 valence electrons. The van der Waals surface area contributed by atoms with Crippen molar-refractivity contribution in [2.75, 3.05) is 0 Å². The summed E-state index contributed by atoms with van der Waals surface area (Å²) >= 11 is 0. The smallest absolute Gasteiger partial charge is 0.00999 e. The Morgan fingerprint density at radius 2 is 1.67 bits per heavy atom. The minimum absolute atomic E-state index is 0.182. The van der Waals surface area contributed by atoms with Gasteiger partial charge in [-0.15, -0.1) is 5.73 Å². The van der Waals surface area contributed by atoms with Gasteiger partial charge in [0.2, 0.25) is 0 Å². The van der Waals surface area contributed by atoms with Crippen molar-refractivity contribution in [2.24, 2.45) is 5.41 Å². The van der Waals surface area contributed by atoms with E-state index in [9.17, 15) is 0 Å². The van der Waals surface area contributed by atoms with Crippen molar-refractivity contribution >= 4 is 16.8 Å². The second-order valence-electron chi connectivity index (χ2n) is 5.73. The molecule has 0 fully saturated rings. The molecule has 0 spiro atoms. The second kappa shape index (κ2) is 4.84. The van der Waals surface area contributed by atoms with Gasteiger partial charge in [-0.25, -0.2) is 0 Å². The van der Waals surface area contributed by atoms with Crippen LogP contribution in [0.5, 0.6) is 0 Å².